The minimum absolute atomic E-state index is 0.157. The summed E-state index contributed by atoms with van der Waals surface area (Å²) in [7, 11) is 1.62. The van der Waals surface area contributed by atoms with Gasteiger partial charge in [0.05, 0.1) is 25.4 Å². The molecular formula is C22H22FN3O3. The second kappa shape index (κ2) is 10.1. The highest BCUT2D eigenvalue weighted by molar-refractivity contribution is 5.91. The number of benzene rings is 2. The molecule has 150 valence electrons. The second-order valence-corrected chi connectivity index (χ2v) is 6.23. The maximum absolute atomic E-state index is 12.9. The first-order valence-electron chi connectivity index (χ1n) is 9.13. The topological polar surface area (TPSA) is 72.5 Å². The third-order valence-corrected chi connectivity index (χ3v) is 4.07. The Morgan fingerprint density at radius 3 is 2.38 bits per heavy atom. The van der Waals surface area contributed by atoms with E-state index >= 15 is 0 Å². The Bertz CT molecular complexity index is 914. The number of hydrogen-bond donors (Lipinski definition) is 2. The molecule has 2 aromatic carbocycles. The number of ether oxygens (including phenoxy) is 2. The summed E-state index contributed by atoms with van der Waals surface area (Å²) in [4.78, 5) is 16.3. The van der Waals surface area contributed by atoms with Crippen LogP contribution in [0, 0.1) is 5.82 Å². The summed E-state index contributed by atoms with van der Waals surface area (Å²) in [5.74, 6) is 1.47. The van der Waals surface area contributed by atoms with Gasteiger partial charge in [0.2, 0.25) is 5.91 Å². The van der Waals surface area contributed by atoms with Crippen LogP contribution < -0.4 is 20.1 Å². The lowest BCUT2D eigenvalue weighted by Crippen LogP contribution is -2.15. The van der Waals surface area contributed by atoms with E-state index in [1.807, 2.05) is 30.3 Å². The van der Waals surface area contributed by atoms with E-state index < -0.39 is 0 Å². The van der Waals surface area contributed by atoms with Crippen LogP contribution in [0.25, 0.3) is 0 Å². The van der Waals surface area contributed by atoms with Gasteiger partial charge < -0.3 is 20.1 Å². The van der Waals surface area contributed by atoms with Crippen LogP contribution in [0.2, 0.25) is 0 Å². The van der Waals surface area contributed by atoms with E-state index in [2.05, 4.69) is 15.6 Å². The smallest absolute Gasteiger partial charge is 0.229 e. The van der Waals surface area contributed by atoms with Crippen molar-refractivity contribution >= 4 is 17.4 Å². The van der Waals surface area contributed by atoms with Gasteiger partial charge in [0.25, 0.3) is 0 Å². The van der Waals surface area contributed by atoms with Crippen molar-refractivity contribution in [1.29, 1.82) is 0 Å². The van der Waals surface area contributed by atoms with Gasteiger partial charge in [0.1, 0.15) is 29.7 Å². The van der Waals surface area contributed by atoms with Crippen LogP contribution in [0.3, 0.4) is 0 Å². The normalized spacial score (nSPS) is 10.3. The monoisotopic (exact) mass is 395 g/mol. The molecule has 1 aromatic heterocycles. The lowest BCUT2D eigenvalue weighted by molar-refractivity contribution is -0.115. The lowest BCUT2D eigenvalue weighted by atomic mass is 10.1. The first-order chi connectivity index (χ1) is 14.1. The Kier molecular flexibility index (Phi) is 7.00. The number of rotatable bonds is 9. The largest absolute Gasteiger partial charge is 0.497 e. The van der Waals surface area contributed by atoms with Crippen LogP contribution in [0.1, 0.15) is 5.56 Å². The minimum Gasteiger partial charge on any atom is -0.497 e. The zero-order valence-electron chi connectivity index (χ0n) is 16.0. The molecule has 0 fully saturated rings. The third kappa shape index (κ3) is 6.49. The van der Waals surface area contributed by atoms with Gasteiger partial charge in [0, 0.05) is 6.54 Å². The lowest BCUT2D eigenvalue weighted by Gasteiger charge is -2.10. The molecule has 0 bridgehead atoms. The number of amides is 1. The molecular weight excluding hydrogens is 373 g/mol. The van der Waals surface area contributed by atoms with E-state index in [1.54, 1.807) is 31.5 Å². The van der Waals surface area contributed by atoms with Gasteiger partial charge in [-0.15, -0.1) is 0 Å². The van der Waals surface area contributed by atoms with Crippen molar-refractivity contribution < 1.29 is 18.7 Å². The van der Waals surface area contributed by atoms with Crippen molar-refractivity contribution in [3.05, 3.63) is 78.2 Å². The van der Waals surface area contributed by atoms with Crippen LogP contribution >= 0.6 is 0 Å². The van der Waals surface area contributed by atoms with Gasteiger partial charge >= 0.3 is 0 Å². The number of anilines is 2. The fourth-order valence-corrected chi connectivity index (χ4v) is 2.58. The summed E-state index contributed by atoms with van der Waals surface area (Å²) in [5, 5.41) is 5.93. The first kappa shape index (κ1) is 20.1. The van der Waals surface area contributed by atoms with Crippen molar-refractivity contribution in [3.8, 4) is 11.5 Å². The van der Waals surface area contributed by atoms with Gasteiger partial charge in [-0.25, -0.2) is 9.37 Å². The summed E-state index contributed by atoms with van der Waals surface area (Å²) >= 11 is 0. The Labute approximate surface area is 168 Å². The maximum Gasteiger partial charge on any atom is 0.229 e. The number of aromatic nitrogens is 1. The van der Waals surface area contributed by atoms with Gasteiger partial charge in [-0.2, -0.15) is 0 Å². The van der Waals surface area contributed by atoms with Gasteiger partial charge in [-0.1, -0.05) is 12.1 Å². The average Bonchev–Trinajstić information content (AvgIpc) is 2.74. The van der Waals surface area contributed by atoms with Crippen molar-refractivity contribution in [2.45, 2.75) is 6.42 Å². The number of carbonyl (C=O) groups is 1. The van der Waals surface area contributed by atoms with Crippen LogP contribution in [0.15, 0.2) is 66.9 Å². The Hall–Kier alpha value is -3.61. The molecule has 3 rings (SSSR count). The summed E-state index contributed by atoms with van der Waals surface area (Å²) in [5.41, 5.74) is 1.55. The number of carbonyl (C=O) groups excluding carboxylic acids is 1. The van der Waals surface area contributed by atoms with E-state index in [0.717, 1.165) is 22.7 Å². The third-order valence-electron chi connectivity index (χ3n) is 4.07. The second-order valence-electron chi connectivity index (χ2n) is 6.23. The molecule has 0 atom stereocenters. The van der Waals surface area contributed by atoms with Gasteiger partial charge in [0.15, 0.2) is 0 Å². The van der Waals surface area contributed by atoms with Crippen molar-refractivity contribution in [1.82, 2.24) is 4.98 Å². The van der Waals surface area contributed by atoms with E-state index in [4.69, 9.17) is 9.47 Å². The highest BCUT2D eigenvalue weighted by Gasteiger charge is 2.05. The van der Waals surface area contributed by atoms with E-state index in [1.165, 1.54) is 12.1 Å². The highest BCUT2D eigenvalue weighted by Crippen LogP contribution is 2.17. The highest BCUT2D eigenvalue weighted by atomic mass is 19.1. The first-order valence-corrected chi connectivity index (χ1v) is 9.13. The Morgan fingerprint density at radius 2 is 1.72 bits per heavy atom. The summed E-state index contributed by atoms with van der Waals surface area (Å²) in [6.07, 6.45) is 1.80. The van der Waals surface area contributed by atoms with E-state index in [0.29, 0.717) is 19.0 Å². The molecule has 0 unspecified atom stereocenters. The molecule has 0 aliphatic carbocycles. The zero-order chi connectivity index (χ0) is 20.5. The quantitative estimate of drug-likeness (QED) is 0.538. The molecule has 2 N–H and O–H groups in total. The summed E-state index contributed by atoms with van der Waals surface area (Å²) in [6, 6.07) is 16.8. The Morgan fingerprint density at radius 1 is 1.00 bits per heavy atom. The molecule has 0 aliphatic heterocycles. The molecule has 6 nitrogen and oxygen atoms in total. The van der Waals surface area contributed by atoms with Crippen molar-refractivity contribution in [2.24, 2.45) is 0 Å². The molecule has 29 heavy (non-hydrogen) atoms. The molecule has 3 aromatic rings. The van der Waals surface area contributed by atoms with Gasteiger partial charge in [-0.05, 0) is 54.1 Å². The molecule has 0 radical (unpaired) electrons. The fourth-order valence-electron chi connectivity index (χ4n) is 2.58. The SMILES string of the molecule is COc1ccc(OCCNc2ccc(NC(=O)Cc3ccc(F)cc3)nc2)cc1. The predicted octanol–water partition coefficient (Wildman–Crippen LogP) is 3.90. The number of methoxy groups -OCH3 is 1. The predicted molar refractivity (Wildman–Crippen MR) is 110 cm³/mol. The van der Waals surface area contributed by atoms with Crippen LogP contribution in [0.5, 0.6) is 11.5 Å². The number of nitrogens with one attached hydrogen (secondary N) is 2. The van der Waals surface area contributed by atoms with Crippen molar-refractivity contribution in [2.75, 3.05) is 30.9 Å². The van der Waals surface area contributed by atoms with Crippen LogP contribution in [-0.4, -0.2) is 31.2 Å². The Balaban J connectivity index is 1.40. The van der Waals surface area contributed by atoms with Crippen LogP contribution in [0.4, 0.5) is 15.9 Å². The molecule has 0 saturated carbocycles. The summed E-state index contributed by atoms with van der Waals surface area (Å²) in [6.45, 7) is 1.09. The molecule has 0 spiro atoms. The van der Waals surface area contributed by atoms with Crippen LogP contribution in [-0.2, 0) is 11.2 Å². The molecule has 0 saturated heterocycles. The maximum atomic E-state index is 12.9. The molecule has 7 heteroatoms. The van der Waals surface area contributed by atoms with Crippen molar-refractivity contribution in [3.63, 3.8) is 0 Å². The number of hydrogen-bond acceptors (Lipinski definition) is 5. The average molecular weight is 395 g/mol. The fraction of sp³-hybridized carbons (Fsp3) is 0.182. The molecule has 1 heterocycles. The zero-order valence-corrected chi connectivity index (χ0v) is 16.0. The minimum atomic E-state index is -0.326. The van der Waals surface area contributed by atoms with E-state index in [9.17, 15) is 9.18 Å². The number of halogens is 1. The number of pyridine rings is 1. The number of nitrogens with zero attached hydrogens (tertiary/aromatic N) is 1. The molecule has 1 amide bonds. The van der Waals surface area contributed by atoms with Gasteiger partial charge in [-0.3, -0.25) is 4.79 Å². The molecule has 0 aliphatic rings. The summed E-state index contributed by atoms with van der Waals surface area (Å²) < 4.78 is 23.7. The standard InChI is InChI=1S/C22H22FN3O3/c1-28-19-7-9-20(10-8-19)29-13-12-24-18-6-11-21(25-15-18)26-22(27)14-16-2-4-17(23)5-3-16/h2-11,15,24H,12-14H2,1H3,(H,25,26,27). The van der Waals surface area contributed by atoms with E-state index in [-0.39, 0.29) is 18.1 Å².